The van der Waals surface area contributed by atoms with Crippen LogP contribution in [0.2, 0.25) is 0 Å². The van der Waals surface area contributed by atoms with Crippen molar-refractivity contribution in [1.29, 1.82) is 5.26 Å². The Morgan fingerprint density at radius 3 is 2.62 bits per heavy atom. The van der Waals surface area contributed by atoms with E-state index in [-0.39, 0.29) is 23.7 Å². The number of nitriles is 1. The molecule has 0 amide bonds. The molecule has 0 atom stereocenters. The van der Waals surface area contributed by atoms with E-state index in [0.29, 0.717) is 0 Å². The molecule has 1 aromatic carbocycles. The van der Waals surface area contributed by atoms with Gasteiger partial charge in [0.25, 0.3) is 0 Å². The van der Waals surface area contributed by atoms with Crippen LogP contribution in [0.25, 0.3) is 0 Å². The van der Waals surface area contributed by atoms with E-state index >= 15 is 0 Å². The van der Waals surface area contributed by atoms with Crippen molar-refractivity contribution in [1.82, 2.24) is 4.98 Å². The molecule has 0 radical (unpaired) electrons. The summed E-state index contributed by atoms with van der Waals surface area (Å²) in [5.74, 6) is -0.122. The fourth-order valence-corrected chi connectivity index (χ4v) is 1.61. The van der Waals surface area contributed by atoms with Crippen LogP contribution >= 0.6 is 0 Å². The van der Waals surface area contributed by atoms with Crippen molar-refractivity contribution in [2.24, 2.45) is 5.73 Å². The first-order valence-electron chi connectivity index (χ1n) is 5.89. The lowest BCUT2D eigenvalue weighted by molar-refractivity contribution is -0.141. The summed E-state index contributed by atoms with van der Waals surface area (Å²) in [6, 6.07) is 10.0. The monoisotopic (exact) mass is 293 g/mol. The van der Waals surface area contributed by atoms with Gasteiger partial charge in [-0.15, -0.1) is 0 Å². The van der Waals surface area contributed by atoms with Gasteiger partial charge in [0.2, 0.25) is 5.88 Å². The average Bonchev–Trinajstić information content (AvgIpc) is 2.46. The molecule has 0 aliphatic carbocycles. The number of rotatable bonds is 3. The molecule has 0 saturated heterocycles. The molecule has 4 nitrogen and oxygen atoms in total. The number of nitrogens with zero attached hydrogens (tertiary/aromatic N) is 2. The van der Waals surface area contributed by atoms with Gasteiger partial charge >= 0.3 is 6.18 Å². The Hall–Kier alpha value is -2.59. The quantitative estimate of drug-likeness (QED) is 0.943. The molecule has 1 heterocycles. The fraction of sp³-hybridized carbons (Fsp3) is 0.143. The highest BCUT2D eigenvalue weighted by Gasteiger charge is 2.33. The minimum absolute atomic E-state index is 0.0823. The van der Waals surface area contributed by atoms with Gasteiger partial charge in [-0.2, -0.15) is 18.4 Å². The van der Waals surface area contributed by atoms with Crippen molar-refractivity contribution >= 4 is 0 Å². The lowest BCUT2D eigenvalue weighted by Gasteiger charge is -2.10. The molecule has 0 aliphatic rings. The smallest absolute Gasteiger partial charge is 0.433 e. The van der Waals surface area contributed by atoms with Gasteiger partial charge < -0.3 is 10.5 Å². The molecule has 0 spiro atoms. The predicted octanol–water partition coefficient (Wildman–Crippen LogP) is 3.22. The number of benzene rings is 1. The molecule has 2 rings (SSSR count). The van der Waals surface area contributed by atoms with E-state index in [1.165, 1.54) is 0 Å². The van der Waals surface area contributed by atoms with Crippen molar-refractivity contribution in [3.63, 3.8) is 0 Å². The topological polar surface area (TPSA) is 71.9 Å². The summed E-state index contributed by atoms with van der Waals surface area (Å²) in [7, 11) is 0. The number of alkyl halides is 3. The van der Waals surface area contributed by atoms with Gasteiger partial charge in [0, 0.05) is 6.54 Å². The van der Waals surface area contributed by atoms with Gasteiger partial charge in [0.05, 0.1) is 0 Å². The van der Waals surface area contributed by atoms with E-state index in [4.69, 9.17) is 15.7 Å². The molecule has 0 fully saturated rings. The van der Waals surface area contributed by atoms with Gasteiger partial charge in [-0.3, -0.25) is 0 Å². The largest absolute Gasteiger partial charge is 0.438 e. The van der Waals surface area contributed by atoms with Crippen LogP contribution in [0, 0.1) is 11.3 Å². The summed E-state index contributed by atoms with van der Waals surface area (Å²) in [6.45, 7) is 0.262. The van der Waals surface area contributed by atoms with Crippen LogP contribution in [-0.4, -0.2) is 4.98 Å². The Labute approximate surface area is 118 Å². The molecule has 2 aromatic rings. The van der Waals surface area contributed by atoms with Crippen molar-refractivity contribution in [3.05, 3.63) is 53.2 Å². The van der Waals surface area contributed by atoms with Crippen LogP contribution < -0.4 is 10.5 Å². The third-order valence-electron chi connectivity index (χ3n) is 2.62. The first-order valence-corrected chi connectivity index (χ1v) is 5.89. The highest BCUT2D eigenvalue weighted by Crippen LogP contribution is 2.31. The Morgan fingerprint density at radius 1 is 1.24 bits per heavy atom. The van der Waals surface area contributed by atoms with Crippen LogP contribution in [0.5, 0.6) is 11.6 Å². The lowest BCUT2D eigenvalue weighted by atomic mass is 10.2. The standard InChI is InChI=1S/C14H10F3N3O/c15-14(16,17)12-5-4-10(8-19)13(20-12)21-11-3-1-2-9(6-11)7-18/h1-6H,7,18H2. The van der Waals surface area contributed by atoms with E-state index in [2.05, 4.69) is 4.98 Å². The summed E-state index contributed by atoms with van der Waals surface area (Å²) in [4.78, 5) is 3.36. The van der Waals surface area contributed by atoms with E-state index < -0.39 is 11.9 Å². The molecule has 0 unspecified atom stereocenters. The molecule has 0 bridgehead atoms. The highest BCUT2D eigenvalue weighted by molar-refractivity contribution is 5.42. The average molecular weight is 293 g/mol. The molecule has 108 valence electrons. The summed E-state index contributed by atoms with van der Waals surface area (Å²) >= 11 is 0. The third-order valence-corrected chi connectivity index (χ3v) is 2.62. The molecular weight excluding hydrogens is 283 g/mol. The van der Waals surface area contributed by atoms with Crippen molar-refractivity contribution in [2.75, 3.05) is 0 Å². The van der Waals surface area contributed by atoms with Crippen molar-refractivity contribution in [2.45, 2.75) is 12.7 Å². The van der Waals surface area contributed by atoms with Gasteiger partial charge in [-0.25, -0.2) is 4.98 Å². The second-order valence-corrected chi connectivity index (χ2v) is 4.11. The Morgan fingerprint density at radius 2 is 2.00 bits per heavy atom. The molecule has 2 N–H and O–H groups in total. The second-order valence-electron chi connectivity index (χ2n) is 4.11. The molecule has 1 aromatic heterocycles. The third kappa shape index (κ3) is 3.49. The zero-order valence-electron chi connectivity index (χ0n) is 10.7. The maximum atomic E-state index is 12.6. The Bertz CT molecular complexity index is 693. The zero-order valence-corrected chi connectivity index (χ0v) is 10.7. The number of hydrogen-bond acceptors (Lipinski definition) is 4. The van der Waals surface area contributed by atoms with Crippen LogP contribution in [-0.2, 0) is 12.7 Å². The summed E-state index contributed by atoms with van der Waals surface area (Å²) in [6.07, 6.45) is -4.61. The van der Waals surface area contributed by atoms with Gasteiger partial charge in [-0.1, -0.05) is 12.1 Å². The van der Waals surface area contributed by atoms with E-state index in [1.54, 1.807) is 30.3 Å². The van der Waals surface area contributed by atoms with E-state index in [0.717, 1.165) is 17.7 Å². The first-order chi connectivity index (χ1) is 9.94. The Balaban J connectivity index is 2.40. The van der Waals surface area contributed by atoms with Gasteiger partial charge in [-0.05, 0) is 29.8 Å². The number of nitrogens with two attached hydrogens (primary N) is 1. The van der Waals surface area contributed by atoms with Crippen LogP contribution in [0.4, 0.5) is 13.2 Å². The molecule has 0 aliphatic heterocycles. The number of pyridine rings is 1. The maximum absolute atomic E-state index is 12.6. The number of aromatic nitrogens is 1. The SMILES string of the molecule is N#Cc1ccc(C(F)(F)F)nc1Oc1cccc(CN)c1. The molecule has 21 heavy (non-hydrogen) atoms. The Kier molecular flexibility index (Phi) is 4.10. The van der Waals surface area contributed by atoms with Crippen LogP contribution in [0.1, 0.15) is 16.8 Å². The maximum Gasteiger partial charge on any atom is 0.433 e. The second kappa shape index (κ2) is 5.81. The van der Waals surface area contributed by atoms with E-state index in [1.807, 2.05) is 0 Å². The summed E-state index contributed by atoms with van der Waals surface area (Å²) in [5, 5.41) is 8.92. The highest BCUT2D eigenvalue weighted by atomic mass is 19.4. The zero-order chi connectivity index (χ0) is 15.5. The molecule has 7 heteroatoms. The summed E-state index contributed by atoms with van der Waals surface area (Å²) in [5.41, 5.74) is 5.02. The van der Waals surface area contributed by atoms with Crippen LogP contribution in [0.3, 0.4) is 0 Å². The predicted molar refractivity (Wildman–Crippen MR) is 68.4 cm³/mol. The fourth-order valence-electron chi connectivity index (χ4n) is 1.61. The number of halogens is 3. The lowest BCUT2D eigenvalue weighted by Crippen LogP contribution is -2.09. The number of hydrogen-bond donors (Lipinski definition) is 1. The van der Waals surface area contributed by atoms with E-state index in [9.17, 15) is 13.2 Å². The van der Waals surface area contributed by atoms with Gasteiger partial charge in [0.15, 0.2) is 0 Å². The molecular formula is C14H10F3N3O. The normalized spacial score (nSPS) is 11.0. The van der Waals surface area contributed by atoms with Crippen LogP contribution in [0.15, 0.2) is 36.4 Å². The summed E-state index contributed by atoms with van der Waals surface area (Å²) < 4.78 is 43.2. The minimum Gasteiger partial charge on any atom is -0.438 e. The van der Waals surface area contributed by atoms with Crippen molar-refractivity contribution < 1.29 is 17.9 Å². The van der Waals surface area contributed by atoms with Crippen molar-refractivity contribution in [3.8, 4) is 17.7 Å². The first kappa shape index (κ1) is 14.8. The molecule has 0 saturated carbocycles. The number of ether oxygens (including phenoxy) is 1. The minimum atomic E-state index is -4.61. The van der Waals surface area contributed by atoms with Gasteiger partial charge in [0.1, 0.15) is 23.1 Å².